The number of carbonyl (C=O) groups is 2. The Bertz CT molecular complexity index is 1490. The minimum absolute atomic E-state index is 0.0841. The van der Waals surface area contributed by atoms with E-state index in [0.717, 1.165) is 47.3 Å². The van der Waals surface area contributed by atoms with Crippen molar-refractivity contribution in [3.05, 3.63) is 101 Å². The van der Waals surface area contributed by atoms with E-state index in [2.05, 4.69) is 0 Å². The van der Waals surface area contributed by atoms with Gasteiger partial charge in [-0.25, -0.2) is 0 Å². The molecule has 4 atom stereocenters. The topological polar surface area (TPSA) is 87.1 Å². The van der Waals surface area contributed by atoms with E-state index in [9.17, 15) is 19.8 Å². The van der Waals surface area contributed by atoms with E-state index in [1.807, 2.05) is 83.8 Å². The Morgan fingerprint density at radius 2 is 1.44 bits per heavy atom. The van der Waals surface area contributed by atoms with Gasteiger partial charge in [-0.05, 0) is 65.0 Å². The van der Waals surface area contributed by atoms with Gasteiger partial charge in [0.05, 0.1) is 18.2 Å². The fourth-order valence-corrected chi connectivity index (χ4v) is 8.87. The number of ketones is 1. The number of aliphatic hydroxyl groups excluding tert-OH is 2. The number of aliphatic hydroxyl groups is 2. The van der Waals surface area contributed by atoms with Crippen molar-refractivity contribution in [2.75, 3.05) is 0 Å². The monoisotopic (exact) mass is 679 g/mol. The molecule has 1 amide bonds. The maximum absolute atomic E-state index is 14.2. The van der Waals surface area contributed by atoms with Crippen LogP contribution in [0.15, 0.2) is 78.9 Å². The highest BCUT2D eigenvalue weighted by atomic mass is 16.5. The van der Waals surface area contributed by atoms with E-state index in [-0.39, 0.29) is 24.0 Å². The van der Waals surface area contributed by atoms with Crippen LogP contribution in [-0.2, 0) is 29.2 Å². The van der Waals surface area contributed by atoms with Crippen LogP contribution in [0.3, 0.4) is 0 Å². The predicted octanol–water partition coefficient (Wildman–Crippen LogP) is 8.91. The lowest BCUT2D eigenvalue weighted by Crippen LogP contribution is -2.39. The number of fused-ring (bicyclic) bond motifs is 1. The second-order valence-corrected chi connectivity index (χ2v) is 15.4. The van der Waals surface area contributed by atoms with Crippen LogP contribution < -0.4 is 4.74 Å². The summed E-state index contributed by atoms with van der Waals surface area (Å²) >= 11 is 0. The number of nitrogens with zero attached hydrogens (tertiary/aromatic N) is 1. The maximum atomic E-state index is 14.2. The van der Waals surface area contributed by atoms with Crippen molar-refractivity contribution in [1.82, 2.24) is 4.90 Å². The molecule has 6 nitrogen and oxygen atoms in total. The summed E-state index contributed by atoms with van der Waals surface area (Å²) in [6.45, 7) is 0.821. The Hall–Kier alpha value is -3.48. The van der Waals surface area contributed by atoms with Crippen LogP contribution in [-0.4, -0.2) is 39.0 Å². The Morgan fingerprint density at radius 1 is 0.780 bits per heavy atom. The van der Waals surface area contributed by atoms with Crippen LogP contribution in [0, 0.1) is 17.8 Å². The molecular formula is C44H57NO5. The van der Waals surface area contributed by atoms with Gasteiger partial charge in [-0.15, -0.1) is 0 Å². The second-order valence-electron chi connectivity index (χ2n) is 15.4. The van der Waals surface area contributed by atoms with Gasteiger partial charge in [0.15, 0.2) is 0 Å². The van der Waals surface area contributed by atoms with Crippen LogP contribution in [0.25, 0.3) is 0 Å². The summed E-state index contributed by atoms with van der Waals surface area (Å²) in [6, 6.07) is 25.4. The zero-order valence-corrected chi connectivity index (χ0v) is 29.8. The molecule has 0 aliphatic heterocycles. The first-order valence-corrected chi connectivity index (χ1v) is 19.4. The van der Waals surface area contributed by atoms with Gasteiger partial charge in [-0.1, -0.05) is 131 Å². The highest BCUT2D eigenvalue weighted by Crippen LogP contribution is 2.38. The molecule has 2 fully saturated rings. The van der Waals surface area contributed by atoms with Gasteiger partial charge in [0.25, 0.3) is 0 Å². The molecule has 6 rings (SSSR count). The molecular weight excluding hydrogens is 622 g/mol. The summed E-state index contributed by atoms with van der Waals surface area (Å²) < 4.78 is 6.00. The number of rotatable bonds is 16. The average Bonchev–Trinajstić information content (AvgIpc) is 3.48. The molecule has 0 aromatic heterocycles. The van der Waals surface area contributed by atoms with E-state index in [1.54, 1.807) is 0 Å². The lowest BCUT2D eigenvalue weighted by Gasteiger charge is -2.33. The van der Waals surface area contributed by atoms with Gasteiger partial charge in [0, 0.05) is 32.2 Å². The normalized spacial score (nSPS) is 20.9. The highest BCUT2D eigenvalue weighted by molar-refractivity contribution is 5.79. The standard InChI is InChI=1S/C44H57NO5/c46-38(27-33-14-6-2-7-15-33)28-37(26-32-12-4-1-5-13-32)41(47)24-25-43(49)45(44-40-19-11-10-18-36(40)29-42(44)48)30-34-20-22-39(23-21-34)50-31-35-16-8-3-9-17-35/h3,8-11,16-23,32-33,37,41-42,44,47-48H,1-2,4-7,12-15,24-31H2/t37-,41+,42-,44+/m1/s1. The van der Waals surface area contributed by atoms with Crippen molar-refractivity contribution in [3.8, 4) is 5.75 Å². The highest BCUT2D eigenvalue weighted by Gasteiger charge is 2.38. The fraction of sp³-hybridized carbons (Fsp3) is 0.545. The summed E-state index contributed by atoms with van der Waals surface area (Å²) in [5.74, 6) is 1.88. The smallest absolute Gasteiger partial charge is 0.223 e. The van der Waals surface area contributed by atoms with Crippen molar-refractivity contribution in [2.24, 2.45) is 17.8 Å². The lowest BCUT2D eigenvalue weighted by molar-refractivity contribution is -0.137. The molecule has 0 heterocycles. The zero-order chi connectivity index (χ0) is 34.7. The molecule has 0 saturated heterocycles. The number of hydrogen-bond acceptors (Lipinski definition) is 5. The first-order chi connectivity index (χ1) is 24.4. The molecule has 3 aromatic rings. The number of amides is 1. The van der Waals surface area contributed by atoms with Gasteiger partial charge in [0.2, 0.25) is 5.91 Å². The van der Waals surface area contributed by atoms with Gasteiger partial charge < -0.3 is 19.8 Å². The van der Waals surface area contributed by atoms with E-state index >= 15 is 0 Å². The van der Waals surface area contributed by atoms with Crippen molar-refractivity contribution >= 4 is 11.7 Å². The molecule has 50 heavy (non-hydrogen) atoms. The van der Waals surface area contributed by atoms with Gasteiger partial charge in [-0.3, -0.25) is 9.59 Å². The van der Waals surface area contributed by atoms with Crippen molar-refractivity contribution in [2.45, 2.75) is 134 Å². The number of ether oxygens (including phenoxy) is 1. The molecule has 268 valence electrons. The number of benzene rings is 3. The molecule has 2 N–H and O–H groups in total. The Balaban J connectivity index is 1.13. The molecule has 0 radical (unpaired) electrons. The molecule has 3 aliphatic carbocycles. The van der Waals surface area contributed by atoms with Gasteiger partial charge in [-0.2, -0.15) is 0 Å². The van der Waals surface area contributed by atoms with E-state index < -0.39 is 18.2 Å². The summed E-state index contributed by atoms with van der Waals surface area (Å²) in [5, 5.41) is 23.0. The lowest BCUT2D eigenvalue weighted by atomic mass is 9.77. The quantitative estimate of drug-likeness (QED) is 0.158. The minimum Gasteiger partial charge on any atom is -0.489 e. The number of Topliss-reactive ketones (excluding diaryl/α,β-unsaturated/α-hetero) is 1. The largest absolute Gasteiger partial charge is 0.489 e. The molecule has 0 unspecified atom stereocenters. The minimum atomic E-state index is -0.708. The van der Waals surface area contributed by atoms with Crippen molar-refractivity contribution in [3.63, 3.8) is 0 Å². The van der Waals surface area contributed by atoms with Crippen molar-refractivity contribution in [1.29, 1.82) is 0 Å². The third-order valence-electron chi connectivity index (χ3n) is 11.6. The van der Waals surface area contributed by atoms with Crippen LogP contribution in [0.2, 0.25) is 0 Å². The molecule has 3 aromatic carbocycles. The number of hydrogen-bond donors (Lipinski definition) is 2. The van der Waals surface area contributed by atoms with E-state index in [1.165, 1.54) is 51.4 Å². The maximum Gasteiger partial charge on any atom is 0.223 e. The van der Waals surface area contributed by atoms with Gasteiger partial charge >= 0.3 is 0 Å². The van der Waals surface area contributed by atoms with Crippen molar-refractivity contribution < 1.29 is 24.5 Å². The zero-order valence-electron chi connectivity index (χ0n) is 29.8. The van der Waals surface area contributed by atoms with Gasteiger partial charge in [0.1, 0.15) is 18.1 Å². The summed E-state index contributed by atoms with van der Waals surface area (Å²) in [6.07, 6.45) is 13.6. The fourth-order valence-electron chi connectivity index (χ4n) is 8.87. The summed E-state index contributed by atoms with van der Waals surface area (Å²) in [7, 11) is 0. The predicted molar refractivity (Wildman–Crippen MR) is 197 cm³/mol. The molecule has 0 bridgehead atoms. The first-order valence-electron chi connectivity index (χ1n) is 19.4. The van der Waals surface area contributed by atoms with Crippen LogP contribution in [0.1, 0.15) is 125 Å². The summed E-state index contributed by atoms with van der Waals surface area (Å²) in [5.41, 5.74) is 4.10. The second kappa shape index (κ2) is 18.1. The molecule has 2 saturated carbocycles. The van der Waals surface area contributed by atoms with Crippen LogP contribution in [0.4, 0.5) is 0 Å². The molecule has 0 spiro atoms. The van der Waals surface area contributed by atoms with Crippen LogP contribution >= 0.6 is 0 Å². The molecule has 6 heteroatoms. The summed E-state index contributed by atoms with van der Waals surface area (Å²) in [4.78, 5) is 29.4. The number of carbonyl (C=O) groups excluding carboxylic acids is 2. The third-order valence-corrected chi connectivity index (χ3v) is 11.6. The Labute approximate surface area is 299 Å². The third kappa shape index (κ3) is 10.1. The van der Waals surface area contributed by atoms with E-state index in [4.69, 9.17) is 4.74 Å². The average molecular weight is 680 g/mol. The van der Waals surface area contributed by atoms with E-state index in [0.29, 0.717) is 50.7 Å². The molecule has 3 aliphatic rings. The first kappa shape index (κ1) is 36.3. The Kier molecular flexibility index (Phi) is 13.2. The SMILES string of the molecule is O=C(CC1CCCCC1)C[C@@H](CC1CCCCC1)[C@@H](O)CCC(=O)N(Cc1ccc(OCc2ccccc2)cc1)[C@H]1c2ccccc2C[C@H]1O. The van der Waals surface area contributed by atoms with Crippen LogP contribution in [0.5, 0.6) is 5.75 Å². The Morgan fingerprint density at radius 3 is 2.16 bits per heavy atom.